The summed E-state index contributed by atoms with van der Waals surface area (Å²) in [5.74, 6) is -1.04. The zero-order valence-electron chi connectivity index (χ0n) is 19.0. The Balaban J connectivity index is 1.42. The van der Waals surface area contributed by atoms with E-state index in [-0.39, 0.29) is 17.2 Å². The van der Waals surface area contributed by atoms with Gasteiger partial charge in [0.15, 0.2) is 6.23 Å². The number of carboxylic acids is 1. The van der Waals surface area contributed by atoms with Gasteiger partial charge >= 0.3 is 12.0 Å². The Morgan fingerprint density at radius 1 is 1.14 bits per heavy atom. The molecule has 2 amide bonds. The van der Waals surface area contributed by atoms with E-state index in [4.69, 9.17) is 28.3 Å². The van der Waals surface area contributed by atoms with Crippen molar-refractivity contribution in [2.45, 2.75) is 36.4 Å². The second-order valence-electron chi connectivity index (χ2n) is 8.61. The highest BCUT2D eigenvalue weighted by Gasteiger charge is 2.34. The molecule has 2 atom stereocenters. The van der Waals surface area contributed by atoms with Gasteiger partial charge < -0.3 is 25.4 Å². The van der Waals surface area contributed by atoms with Crippen molar-refractivity contribution >= 4 is 61.8 Å². The first-order valence-electron chi connectivity index (χ1n) is 11.0. The lowest BCUT2D eigenvalue weighted by Gasteiger charge is -2.17. The molecular formula is C23H24Cl2N4O6S. The van der Waals surface area contributed by atoms with Gasteiger partial charge in [0, 0.05) is 29.7 Å². The highest BCUT2D eigenvalue weighted by atomic mass is 35.5. The number of benzene rings is 2. The van der Waals surface area contributed by atoms with Gasteiger partial charge in [0.1, 0.15) is 0 Å². The van der Waals surface area contributed by atoms with Crippen LogP contribution >= 0.6 is 23.2 Å². The van der Waals surface area contributed by atoms with Gasteiger partial charge in [-0.3, -0.25) is 4.79 Å². The van der Waals surface area contributed by atoms with E-state index in [9.17, 15) is 23.1 Å². The number of anilines is 1. The minimum Gasteiger partial charge on any atom is -0.481 e. The Hall–Kier alpha value is -2.99. The number of hydrogen-bond acceptors (Lipinski definition) is 6. The number of carbonyl (C=O) groups is 2. The van der Waals surface area contributed by atoms with Crippen LogP contribution in [0.2, 0.25) is 10.0 Å². The number of aliphatic hydroxyl groups is 1. The summed E-state index contributed by atoms with van der Waals surface area (Å²) in [7, 11) is -2.43. The van der Waals surface area contributed by atoms with Crippen molar-refractivity contribution in [2.75, 3.05) is 5.32 Å². The number of carbonyl (C=O) groups excluding carboxylic acids is 1. The lowest BCUT2D eigenvalue weighted by atomic mass is 10.1. The number of rotatable bonds is 9. The number of aliphatic carboxylic acids is 1. The summed E-state index contributed by atoms with van der Waals surface area (Å²) in [6.07, 6.45) is 0.143. The SMILES string of the molecule is Cn1c(C(O)Nc2ccc(S(=O)(=O)NC(=O)NC(CC(=O)O)C3CC3)cc2)cc2c(Cl)c(Cl)ccc21. The number of aromatic nitrogens is 1. The van der Waals surface area contributed by atoms with E-state index in [0.717, 1.165) is 18.4 Å². The summed E-state index contributed by atoms with van der Waals surface area (Å²) in [6, 6.07) is 8.99. The van der Waals surface area contributed by atoms with Crippen LogP contribution in [0.4, 0.5) is 10.5 Å². The van der Waals surface area contributed by atoms with Crippen molar-refractivity contribution in [2.24, 2.45) is 13.0 Å². The van der Waals surface area contributed by atoms with Gasteiger partial charge in [-0.15, -0.1) is 0 Å². The summed E-state index contributed by atoms with van der Waals surface area (Å²) in [4.78, 5) is 23.0. The number of amides is 2. The second-order valence-corrected chi connectivity index (χ2v) is 11.1. The molecule has 10 nitrogen and oxygen atoms in total. The summed E-state index contributed by atoms with van der Waals surface area (Å²) < 4.78 is 28.9. The molecule has 4 rings (SSSR count). The molecule has 0 spiro atoms. The molecular weight excluding hydrogens is 531 g/mol. The molecule has 13 heteroatoms. The lowest BCUT2D eigenvalue weighted by molar-refractivity contribution is -0.137. The molecule has 36 heavy (non-hydrogen) atoms. The molecule has 1 saturated carbocycles. The van der Waals surface area contributed by atoms with Crippen LogP contribution < -0.4 is 15.4 Å². The van der Waals surface area contributed by atoms with Gasteiger partial charge in [0.25, 0.3) is 10.0 Å². The van der Waals surface area contributed by atoms with E-state index in [1.54, 1.807) is 29.8 Å². The third-order valence-corrected chi connectivity index (χ3v) is 8.19. The van der Waals surface area contributed by atoms with Crippen LogP contribution in [0.3, 0.4) is 0 Å². The molecule has 0 bridgehead atoms. The molecule has 0 aliphatic heterocycles. The maximum atomic E-state index is 12.6. The Bertz CT molecular complexity index is 1420. The molecule has 0 saturated heterocycles. The number of aliphatic hydroxyl groups excluding tert-OH is 1. The van der Waals surface area contributed by atoms with E-state index in [0.29, 0.717) is 26.8 Å². The van der Waals surface area contributed by atoms with Gasteiger partial charge in [0.2, 0.25) is 0 Å². The van der Waals surface area contributed by atoms with Gasteiger partial charge in [0.05, 0.1) is 27.1 Å². The number of fused-ring (bicyclic) bond motifs is 1. The van der Waals surface area contributed by atoms with Crippen LogP contribution in [-0.2, 0) is 21.9 Å². The molecule has 2 unspecified atom stereocenters. The van der Waals surface area contributed by atoms with Crippen LogP contribution in [0.15, 0.2) is 47.4 Å². The number of aryl methyl sites for hydroxylation is 1. The molecule has 2 aromatic carbocycles. The first-order chi connectivity index (χ1) is 17.0. The standard InChI is InChI=1S/C23H24Cl2N4O6S/c1-29-18-9-8-16(24)21(25)15(18)10-19(29)22(32)26-13-4-6-14(7-5-13)36(34,35)28-23(33)27-17(11-20(30)31)12-2-3-12/h4-10,12,17,22,26,32H,2-3,11H2,1H3,(H,30,31)(H2,27,28,33). The number of urea groups is 1. The minimum absolute atomic E-state index is 0.0289. The van der Waals surface area contributed by atoms with E-state index in [1.807, 2.05) is 4.72 Å². The number of nitrogens with zero attached hydrogens (tertiary/aromatic N) is 1. The van der Waals surface area contributed by atoms with Crippen molar-refractivity contribution in [3.8, 4) is 0 Å². The Labute approximate surface area is 217 Å². The number of nitrogens with one attached hydrogen (secondary N) is 3. The minimum atomic E-state index is -4.20. The second kappa shape index (κ2) is 10.2. The molecule has 192 valence electrons. The monoisotopic (exact) mass is 554 g/mol. The fourth-order valence-corrected chi connectivity index (χ4v) is 5.29. The van der Waals surface area contributed by atoms with E-state index in [2.05, 4.69) is 10.6 Å². The highest BCUT2D eigenvalue weighted by Crippen LogP contribution is 2.35. The van der Waals surface area contributed by atoms with Crippen LogP contribution in [0.1, 0.15) is 31.2 Å². The van der Waals surface area contributed by atoms with E-state index < -0.39 is 34.3 Å². The largest absolute Gasteiger partial charge is 0.481 e. The zero-order chi connectivity index (χ0) is 26.2. The van der Waals surface area contributed by atoms with Crippen LogP contribution in [0.5, 0.6) is 0 Å². The van der Waals surface area contributed by atoms with Gasteiger partial charge in [-0.2, -0.15) is 0 Å². The normalized spacial score (nSPS) is 15.3. The van der Waals surface area contributed by atoms with Crippen LogP contribution in [0.25, 0.3) is 10.9 Å². The van der Waals surface area contributed by atoms with E-state index >= 15 is 0 Å². The fraction of sp³-hybridized carbons (Fsp3) is 0.304. The Morgan fingerprint density at radius 2 is 1.81 bits per heavy atom. The third kappa shape index (κ3) is 5.70. The van der Waals surface area contributed by atoms with Gasteiger partial charge in [-0.1, -0.05) is 23.2 Å². The first kappa shape index (κ1) is 26.1. The van der Waals surface area contributed by atoms with E-state index in [1.165, 1.54) is 24.3 Å². The molecule has 1 aliphatic rings. The number of halogens is 2. The smallest absolute Gasteiger partial charge is 0.328 e. The molecule has 3 aromatic rings. The summed E-state index contributed by atoms with van der Waals surface area (Å²) in [5, 5.41) is 26.5. The van der Waals surface area contributed by atoms with Crippen molar-refractivity contribution in [3.05, 3.63) is 58.2 Å². The zero-order valence-corrected chi connectivity index (χ0v) is 21.4. The first-order valence-corrected chi connectivity index (χ1v) is 13.2. The number of hydrogen-bond donors (Lipinski definition) is 5. The van der Waals surface area contributed by atoms with Crippen molar-refractivity contribution < 1.29 is 28.2 Å². The number of carboxylic acid groups (broad SMARTS) is 1. The summed E-state index contributed by atoms with van der Waals surface area (Å²) >= 11 is 12.4. The predicted molar refractivity (Wildman–Crippen MR) is 136 cm³/mol. The van der Waals surface area contributed by atoms with Crippen molar-refractivity contribution in [3.63, 3.8) is 0 Å². The lowest BCUT2D eigenvalue weighted by Crippen LogP contribution is -2.46. The maximum Gasteiger partial charge on any atom is 0.328 e. The molecule has 0 radical (unpaired) electrons. The third-order valence-electron chi connectivity index (χ3n) is 6.03. The molecule has 1 aliphatic carbocycles. The van der Waals surface area contributed by atoms with Crippen molar-refractivity contribution in [1.82, 2.24) is 14.6 Å². The quantitative estimate of drug-likeness (QED) is 0.252. The fourth-order valence-electron chi connectivity index (χ4n) is 4.00. The predicted octanol–water partition coefficient (Wildman–Crippen LogP) is 3.83. The van der Waals surface area contributed by atoms with Crippen LogP contribution in [0, 0.1) is 5.92 Å². The molecule has 5 N–H and O–H groups in total. The average Bonchev–Trinajstić information content (AvgIpc) is 3.59. The Kier molecular flexibility index (Phi) is 7.37. The topological polar surface area (TPSA) is 150 Å². The summed E-state index contributed by atoms with van der Waals surface area (Å²) in [5.41, 5.74) is 1.71. The van der Waals surface area contributed by atoms with Crippen LogP contribution in [-0.4, -0.2) is 41.2 Å². The molecule has 1 heterocycles. The maximum absolute atomic E-state index is 12.6. The Morgan fingerprint density at radius 3 is 2.42 bits per heavy atom. The molecule has 1 aromatic heterocycles. The highest BCUT2D eigenvalue weighted by molar-refractivity contribution is 7.90. The average molecular weight is 555 g/mol. The van der Waals surface area contributed by atoms with Crippen molar-refractivity contribution in [1.29, 1.82) is 0 Å². The summed E-state index contributed by atoms with van der Waals surface area (Å²) in [6.45, 7) is 0. The van der Waals surface area contributed by atoms with Gasteiger partial charge in [-0.05, 0) is 61.2 Å². The number of sulfonamides is 1. The van der Waals surface area contributed by atoms with Gasteiger partial charge in [-0.25, -0.2) is 17.9 Å². The molecule has 1 fully saturated rings.